The number of esters is 2. The Bertz CT molecular complexity index is 1200. The van der Waals surface area contributed by atoms with Crippen molar-refractivity contribution in [3.05, 3.63) is 53.1 Å². The number of carbonyl (C=O) groups excluding carboxylic acids is 4. The lowest BCUT2D eigenvalue weighted by Gasteiger charge is -2.32. The van der Waals surface area contributed by atoms with Crippen molar-refractivity contribution in [2.45, 2.75) is 49.8 Å². The Morgan fingerprint density at radius 2 is 1.90 bits per heavy atom. The lowest BCUT2D eigenvalue weighted by molar-refractivity contribution is -0.182. The van der Waals surface area contributed by atoms with Crippen molar-refractivity contribution < 1.29 is 56.4 Å². The number of aliphatic hydroxyl groups is 1. The first-order valence-corrected chi connectivity index (χ1v) is 12.9. The smallest absolute Gasteiger partial charge is 0.422 e. The summed E-state index contributed by atoms with van der Waals surface area (Å²) in [5.41, 5.74) is 0.906. The van der Waals surface area contributed by atoms with Gasteiger partial charge in [0.15, 0.2) is 6.61 Å². The summed E-state index contributed by atoms with van der Waals surface area (Å²) in [6.07, 6.45) is -1.88. The van der Waals surface area contributed by atoms with Gasteiger partial charge < -0.3 is 34.3 Å². The number of nitrogens with one attached hydrogen (secondary N) is 1. The lowest BCUT2D eigenvalue weighted by atomic mass is 9.91. The molecule has 2 N–H and O–H groups in total. The van der Waals surface area contributed by atoms with Crippen molar-refractivity contribution >= 4 is 29.8 Å². The molecule has 1 aromatic rings. The van der Waals surface area contributed by atoms with Crippen LogP contribution in [0.15, 0.2) is 42.0 Å². The number of nitrogens with zero attached hydrogens (tertiary/aromatic N) is 1. The Morgan fingerprint density at radius 1 is 1.15 bits per heavy atom. The molecular formula is C27H29F3N2O9. The monoisotopic (exact) mass is 582 g/mol. The van der Waals surface area contributed by atoms with Crippen LogP contribution in [-0.2, 0) is 33.3 Å². The first-order valence-electron chi connectivity index (χ1n) is 12.9. The molecule has 222 valence electrons. The maximum absolute atomic E-state index is 13.4. The summed E-state index contributed by atoms with van der Waals surface area (Å²) in [5, 5.41) is 11.6. The maximum Gasteiger partial charge on any atom is 0.422 e. The van der Waals surface area contributed by atoms with Crippen molar-refractivity contribution in [3.63, 3.8) is 0 Å². The normalized spacial score (nSPS) is 24.1. The van der Waals surface area contributed by atoms with Crippen LogP contribution in [0.4, 0.5) is 13.2 Å². The fraction of sp³-hybridized carbons (Fsp3) is 0.481. The van der Waals surface area contributed by atoms with E-state index < -0.39 is 49.1 Å². The molecule has 3 aliphatic rings. The molecule has 2 heterocycles. The topological polar surface area (TPSA) is 141 Å². The zero-order valence-corrected chi connectivity index (χ0v) is 21.8. The lowest BCUT2D eigenvalue weighted by Crippen LogP contribution is -2.49. The van der Waals surface area contributed by atoms with Crippen LogP contribution in [0.25, 0.3) is 6.08 Å². The molecule has 41 heavy (non-hydrogen) atoms. The number of aliphatic hydroxyl groups excluding tert-OH is 1. The van der Waals surface area contributed by atoms with E-state index in [9.17, 15) is 32.3 Å². The molecule has 0 spiro atoms. The summed E-state index contributed by atoms with van der Waals surface area (Å²) in [6.45, 7) is -1.50. The molecule has 2 saturated heterocycles. The number of alkyl halides is 3. The van der Waals surface area contributed by atoms with Gasteiger partial charge in [-0.25, -0.2) is 9.59 Å². The number of hydrogen-bond acceptors (Lipinski definition) is 9. The Balaban J connectivity index is 1.38. The Labute approximate surface area is 232 Å². The molecular weight excluding hydrogens is 553 g/mol. The van der Waals surface area contributed by atoms with Crippen molar-refractivity contribution in [1.29, 1.82) is 0 Å². The summed E-state index contributed by atoms with van der Waals surface area (Å²) in [4.78, 5) is 51.7. The average molecular weight is 583 g/mol. The summed E-state index contributed by atoms with van der Waals surface area (Å²) < 4.78 is 57.4. The van der Waals surface area contributed by atoms with Gasteiger partial charge in [-0.05, 0) is 42.7 Å². The van der Waals surface area contributed by atoms with E-state index in [-0.39, 0.29) is 43.7 Å². The molecule has 11 nitrogen and oxygen atoms in total. The van der Waals surface area contributed by atoms with Crippen molar-refractivity contribution in [2.75, 3.05) is 33.1 Å². The number of halogens is 3. The predicted molar refractivity (Wildman–Crippen MR) is 134 cm³/mol. The minimum Gasteiger partial charge on any atom is -0.456 e. The largest absolute Gasteiger partial charge is 0.456 e. The molecule has 0 aromatic heterocycles. The Kier molecular flexibility index (Phi) is 9.78. The van der Waals surface area contributed by atoms with Crippen LogP contribution in [0, 0.1) is 0 Å². The fourth-order valence-corrected chi connectivity index (χ4v) is 4.78. The average Bonchev–Trinajstić information content (AvgIpc) is 3.63. The van der Waals surface area contributed by atoms with E-state index in [0.29, 0.717) is 30.5 Å². The number of fused-ring (bicyclic) bond motifs is 1. The zero-order chi connectivity index (χ0) is 29.6. The quantitative estimate of drug-likeness (QED) is 0.327. The second-order valence-corrected chi connectivity index (χ2v) is 9.57. The van der Waals surface area contributed by atoms with Crippen molar-refractivity contribution in [3.8, 4) is 0 Å². The number of likely N-dealkylation sites (tertiary alicyclic amines) is 1. The molecule has 1 aromatic carbocycles. The van der Waals surface area contributed by atoms with Crippen LogP contribution in [0.2, 0.25) is 0 Å². The third-order valence-corrected chi connectivity index (χ3v) is 6.69. The number of ether oxygens (including phenoxy) is 4. The van der Waals surface area contributed by atoms with Crippen LogP contribution in [-0.4, -0.2) is 97.4 Å². The van der Waals surface area contributed by atoms with Gasteiger partial charge in [0.25, 0.3) is 0 Å². The van der Waals surface area contributed by atoms with E-state index in [2.05, 4.69) is 10.1 Å². The molecule has 4 atom stereocenters. The zero-order valence-electron chi connectivity index (χ0n) is 21.8. The SMILES string of the molecule is O=C(C=Cc1ccc(C(=O)OC2CC(C(=O)N3CCCC3C(=O)NCCO)=CC3OCOC32)cc1)OCC(F)(F)F. The van der Waals surface area contributed by atoms with Gasteiger partial charge in [0.05, 0.1) is 12.2 Å². The second-order valence-electron chi connectivity index (χ2n) is 9.57. The number of hydrogen-bond donors (Lipinski definition) is 2. The number of rotatable bonds is 9. The van der Waals surface area contributed by atoms with E-state index in [4.69, 9.17) is 19.3 Å². The summed E-state index contributed by atoms with van der Waals surface area (Å²) >= 11 is 0. The highest BCUT2D eigenvalue weighted by molar-refractivity contribution is 5.98. The Morgan fingerprint density at radius 3 is 2.61 bits per heavy atom. The van der Waals surface area contributed by atoms with Crippen LogP contribution >= 0.6 is 0 Å². The van der Waals surface area contributed by atoms with Crippen LogP contribution in [0.5, 0.6) is 0 Å². The molecule has 1 aliphatic carbocycles. The predicted octanol–water partition coefficient (Wildman–Crippen LogP) is 1.50. The van der Waals surface area contributed by atoms with Gasteiger partial charge in [-0.15, -0.1) is 0 Å². The fourth-order valence-electron chi connectivity index (χ4n) is 4.78. The summed E-state index contributed by atoms with van der Waals surface area (Å²) in [7, 11) is 0. The van der Waals surface area contributed by atoms with Gasteiger partial charge in [-0.2, -0.15) is 13.2 Å². The number of carbonyl (C=O) groups is 4. The molecule has 14 heteroatoms. The number of amides is 2. The van der Waals surface area contributed by atoms with E-state index in [1.165, 1.54) is 35.2 Å². The maximum atomic E-state index is 13.4. The van der Waals surface area contributed by atoms with Crippen molar-refractivity contribution in [2.24, 2.45) is 0 Å². The van der Waals surface area contributed by atoms with Crippen molar-refractivity contribution in [1.82, 2.24) is 10.2 Å². The number of benzene rings is 1. The first kappa shape index (κ1) is 30.2. The molecule has 0 bridgehead atoms. The van der Waals surface area contributed by atoms with E-state index >= 15 is 0 Å². The van der Waals surface area contributed by atoms with Crippen LogP contribution in [0.3, 0.4) is 0 Å². The van der Waals surface area contributed by atoms with Gasteiger partial charge in [-0.3, -0.25) is 9.59 Å². The van der Waals surface area contributed by atoms with Crippen LogP contribution < -0.4 is 5.32 Å². The van der Waals surface area contributed by atoms with Gasteiger partial charge in [0, 0.05) is 31.2 Å². The summed E-state index contributed by atoms with van der Waals surface area (Å²) in [6, 6.07) is 5.09. The van der Waals surface area contributed by atoms with E-state index in [0.717, 1.165) is 6.08 Å². The first-order chi connectivity index (χ1) is 19.6. The summed E-state index contributed by atoms with van der Waals surface area (Å²) in [5.74, 6) is -2.59. The molecule has 0 radical (unpaired) electrons. The molecule has 4 rings (SSSR count). The standard InChI is InChI=1S/C27H29F3N2O9/c28-27(29,30)14-38-22(34)8-5-16-3-6-17(7-4-16)26(37)41-21-13-18(12-20-23(21)40-15-39-20)25(36)32-10-1-2-19(32)24(35)31-9-11-33/h3-8,12,19-21,23,33H,1-2,9-11,13-15H2,(H,31,35). The third kappa shape index (κ3) is 7.93. The van der Waals surface area contributed by atoms with Gasteiger partial charge in [-0.1, -0.05) is 12.1 Å². The molecule has 2 fully saturated rings. The van der Waals surface area contributed by atoms with Crippen LogP contribution in [0.1, 0.15) is 35.2 Å². The minimum atomic E-state index is -4.63. The molecule has 2 aliphatic heterocycles. The Hall–Kier alpha value is -3.75. The second kappa shape index (κ2) is 13.3. The molecule has 4 unspecified atom stereocenters. The minimum absolute atomic E-state index is 0.0391. The molecule has 0 saturated carbocycles. The highest BCUT2D eigenvalue weighted by Crippen LogP contribution is 2.33. The van der Waals surface area contributed by atoms with E-state index in [1.54, 1.807) is 6.08 Å². The molecule has 2 amide bonds. The third-order valence-electron chi connectivity index (χ3n) is 6.69. The van der Waals surface area contributed by atoms with Gasteiger partial charge in [0.1, 0.15) is 31.1 Å². The highest BCUT2D eigenvalue weighted by atomic mass is 19.4. The van der Waals surface area contributed by atoms with Gasteiger partial charge >= 0.3 is 18.1 Å². The van der Waals surface area contributed by atoms with E-state index in [1.807, 2.05) is 0 Å². The van der Waals surface area contributed by atoms with Gasteiger partial charge in [0.2, 0.25) is 11.8 Å². The highest BCUT2D eigenvalue weighted by Gasteiger charge is 2.44.